The van der Waals surface area contributed by atoms with Gasteiger partial charge in [-0.15, -0.1) is 0 Å². The zero-order chi connectivity index (χ0) is 17.0. The van der Waals surface area contributed by atoms with Gasteiger partial charge in [0.1, 0.15) is 11.6 Å². The van der Waals surface area contributed by atoms with Gasteiger partial charge in [0.25, 0.3) is 0 Å². The smallest absolute Gasteiger partial charge is 0.329 e. The Morgan fingerprint density at radius 1 is 1.00 bits per heavy atom. The van der Waals surface area contributed by atoms with Crippen molar-refractivity contribution in [2.45, 2.75) is 80.4 Å². The van der Waals surface area contributed by atoms with Crippen molar-refractivity contribution >= 4 is 11.9 Å². The summed E-state index contributed by atoms with van der Waals surface area (Å²) in [4.78, 5) is 24.3. The molecule has 0 aromatic heterocycles. The number of carbonyl (C=O) groups excluding carboxylic acids is 2. The van der Waals surface area contributed by atoms with E-state index < -0.39 is 11.6 Å². The summed E-state index contributed by atoms with van der Waals surface area (Å²) < 4.78 is 5.38. The number of hydrogen-bond acceptors (Lipinski definition) is 3. The number of nitrogens with one attached hydrogen (secondary N) is 1. The second kappa shape index (κ2) is 7.28. The third-order valence-corrected chi connectivity index (χ3v) is 3.61. The van der Waals surface area contributed by atoms with Crippen LogP contribution in [-0.2, 0) is 14.3 Å². The zero-order valence-corrected chi connectivity index (χ0v) is 15.2. The van der Waals surface area contributed by atoms with Crippen molar-refractivity contribution in [3.8, 4) is 0 Å². The molecule has 21 heavy (non-hydrogen) atoms. The number of ether oxygens (including phenoxy) is 1. The molecule has 0 fully saturated rings. The lowest BCUT2D eigenvalue weighted by atomic mass is 9.80. The van der Waals surface area contributed by atoms with Gasteiger partial charge in [-0.2, -0.15) is 0 Å². The third kappa shape index (κ3) is 8.08. The summed E-state index contributed by atoms with van der Waals surface area (Å²) in [5.74, 6) is -0.228. The lowest BCUT2D eigenvalue weighted by Gasteiger charge is -2.29. The van der Waals surface area contributed by atoms with Crippen molar-refractivity contribution in [1.82, 2.24) is 5.32 Å². The molecule has 1 amide bonds. The van der Waals surface area contributed by atoms with E-state index in [0.717, 1.165) is 0 Å². The van der Waals surface area contributed by atoms with Gasteiger partial charge >= 0.3 is 5.97 Å². The van der Waals surface area contributed by atoms with Crippen molar-refractivity contribution in [2.24, 2.45) is 17.3 Å². The molecule has 0 aromatic rings. The highest BCUT2D eigenvalue weighted by Crippen LogP contribution is 2.28. The highest BCUT2D eigenvalue weighted by molar-refractivity contribution is 5.85. The summed E-state index contributed by atoms with van der Waals surface area (Å²) in [7, 11) is 0. The van der Waals surface area contributed by atoms with Crippen LogP contribution >= 0.6 is 0 Å². The van der Waals surface area contributed by atoms with Crippen LogP contribution in [0.2, 0.25) is 0 Å². The molecule has 4 heteroatoms. The summed E-state index contributed by atoms with van der Waals surface area (Å²) in [6.45, 7) is 17.7. The molecule has 0 aliphatic carbocycles. The molecule has 0 saturated carbocycles. The van der Waals surface area contributed by atoms with Crippen molar-refractivity contribution in [3.63, 3.8) is 0 Å². The van der Waals surface area contributed by atoms with Crippen LogP contribution in [0, 0.1) is 17.3 Å². The molecule has 2 atom stereocenters. The molecule has 0 heterocycles. The van der Waals surface area contributed by atoms with E-state index in [0.29, 0.717) is 6.42 Å². The third-order valence-electron chi connectivity index (χ3n) is 3.61. The van der Waals surface area contributed by atoms with Gasteiger partial charge in [-0.1, -0.05) is 41.5 Å². The Kier molecular flexibility index (Phi) is 6.91. The largest absolute Gasteiger partial charge is 0.458 e. The van der Waals surface area contributed by atoms with Gasteiger partial charge in [0, 0.05) is 6.42 Å². The Bertz CT molecular complexity index is 361. The van der Waals surface area contributed by atoms with Gasteiger partial charge < -0.3 is 10.1 Å². The summed E-state index contributed by atoms with van der Waals surface area (Å²) in [6.07, 6.45) is 0.412. The SMILES string of the molecule is CC(C)[C@@H](NC(=O)CC(C)C(C)(C)C)C(=O)OC(C)(C)C. The van der Waals surface area contributed by atoms with Crippen molar-refractivity contribution in [1.29, 1.82) is 0 Å². The topological polar surface area (TPSA) is 55.4 Å². The first-order valence-electron chi connectivity index (χ1n) is 7.76. The molecule has 0 radical (unpaired) electrons. The minimum atomic E-state index is -0.594. The Balaban J connectivity index is 4.72. The molecule has 0 aliphatic heterocycles. The van der Waals surface area contributed by atoms with Crippen LogP contribution in [-0.4, -0.2) is 23.5 Å². The number of esters is 1. The average Bonchev–Trinajstić information content (AvgIpc) is 2.21. The lowest BCUT2D eigenvalue weighted by molar-refractivity contribution is -0.160. The van der Waals surface area contributed by atoms with Crippen LogP contribution < -0.4 is 5.32 Å². The fourth-order valence-corrected chi connectivity index (χ4v) is 1.68. The lowest BCUT2D eigenvalue weighted by Crippen LogP contribution is -2.47. The maximum Gasteiger partial charge on any atom is 0.329 e. The van der Waals surface area contributed by atoms with Crippen LogP contribution in [0.25, 0.3) is 0 Å². The van der Waals surface area contributed by atoms with Gasteiger partial charge in [0.05, 0.1) is 0 Å². The highest BCUT2D eigenvalue weighted by Gasteiger charge is 2.30. The standard InChI is InChI=1S/C17H33NO3/c1-11(2)14(15(20)21-17(7,8)9)18-13(19)10-12(3)16(4,5)6/h11-12,14H,10H2,1-9H3,(H,18,19)/t12?,14-/m1/s1. The van der Waals surface area contributed by atoms with E-state index in [9.17, 15) is 9.59 Å². The summed E-state index contributed by atoms with van der Waals surface area (Å²) in [6, 6.07) is -0.594. The van der Waals surface area contributed by atoms with Crippen LogP contribution in [0.15, 0.2) is 0 Å². The minimum absolute atomic E-state index is 0.00579. The molecular weight excluding hydrogens is 266 g/mol. The van der Waals surface area contributed by atoms with E-state index in [4.69, 9.17) is 4.74 Å². The van der Waals surface area contributed by atoms with Crippen molar-refractivity contribution in [3.05, 3.63) is 0 Å². The summed E-state index contributed by atoms with van der Waals surface area (Å²) in [5.41, 5.74) is -0.482. The van der Waals surface area contributed by atoms with Crippen LogP contribution in [0.5, 0.6) is 0 Å². The predicted octanol–water partition coefficient (Wildman–Crippen LogP) is 3.54. The van der Waals surface area contributed by atoms with Crippen molar-refractivity contribution < 1.29 is 14.3 Å². The maximum atomic E-state index is 12.2. The molecule has 4 nitrogen and oxygen atoms in total. The number of hydrogen-bond donors (Lipinski definition) is 1. The van der Waals surface area contributed by atoms with E-state index in [1.165, 1.54) is 0 Å². The van der Waals surface area contributed by atoms with E-state index in [2.05, 4.69) is 33.0 Å². The van der Waals surface area contributed by atoms with Gasteiger partial charge in [0.15, 0.2) is 0 Å². The fraction of sp³-hybridized carbons (Fsp3) is 0.882. The van der Waals surface area contributed by atoms with Gasteiger partial charge in [-0.05, 0) is 38.0 Å². The van der Waals surface area contributed by atoms with Crippen LogP contribution in [0.4, 0.5) is 0 Å². The second-order valence-corrected chi connectivity index (χ2v) is 8.29. The monoisotopic (exact) mass is 299 g/mol. The molecule has 0 aliphatic rings. The van der Waals surface area contributed by atoms with Crippen LogP contribution in [0.1, 0.15) is 68.7 Å². The number of carbonyl (C=O) groups is 2. The average molecular weight is 299 g/mol. The second-order valence-electron chi connectivity index (χ2n) is 8.29. The number of amides is 1. The zero-order valence-electron chi connectivity index (χ0n) is 15.2. The molecular formula is C17H33NO3. The van der Waals surface area contributed by atoms with E-state index in [1.54, 1.807) is 0 Å². The minimum Gasteiger partial charge on any atom is -0.458 e. The summed E-state index contributed by atoms with van der Waals surface area (Å²) in [5, 5.41) is 2.83. The first-order valence-corrected chi connectivity index (χ1v) is 7.76. The Labute approximate surface area is 130 Å². The Hall–Kier alpha value is -1.06. The van der Waals surface area contributed by atoms with Gasteiger partial charge in [-0.3, -0.25) is 4.79 Å². The molecule has 0 aromatic carbocycles. The molecule has 0 rings (SSSR count). The quantitative estimate of drug-likeness (QED) is 0.790. The molecule has 124 valence electrons. The summed E-state index contributed by atoms with van der Waals surface area (Å²) >= 11 is 0. The van der Waals surface area contributed by atoms with E-state index in [1.807, 2.05) is 34.6 Å². The normalized spacial score (nSPS) is 15.5. The van der Waals surface area contributed by atoms with E-state index >= 15 is 0 Å². The highest BCUT2D eigenvalue weighted by atomic mass is 16.6. The van der Waals surface area contributed by atoms with Crippen molar-refractivity contribution in [2.75, 3.05) is 0 Å². The Morgan fingerprint density at radius 3 is 1.81 bits per heavy atom. The number of rotatable bonds is 5. The molecule has 0 bridgehead atoms. The fourth-order valence-electron chi connectivity index (χ4n) is 1.68. The molecule has 0 saturated heterocycles. The van der Waals surface area contributed by atoms with Gasteiger partial charge in [-0.25, -0.2) is 4.79 Å². The first kappa shape index (κ1) is 19.9. The Morgan fingerprint density at radius 2 is 1.48 bits per heavy atom. The molecule has 0 spiro atoms. The van der Waals surface area contributed by atoms with E-state index in [-0.39, 0.29) is 29.1 Å². The van der Waals surface area contributed by atoms with Crippen LogP contribution in [0.3, 0.4) is 0 Å². The molecule has 1 unspecified atom stereocenters. The van der Waals surface area contributed by atoms with Gasteiger partial charge in [0.2, 0.25) is 5.91 Å². The maximum absolute atomic E-state index is 12.2. The first-order chi connectivity index (χ1) is 9.24. The predicted molar refractivity (Wildman–Crippen MR) is 85.8 cm³/mol. The molecule has 1 N–H and O–H groups in total.